The minimum Gasteiger partial charge on any atom is -0.350 e. The Hall–Kier alpha value is -0.350. The van der Waals surface area contributed by atoms with Crippen LogP contribution in [-0.4, -0.2) is 25.0 Å². The van der Waals surface area contributed by atoms with Gasteiger partial charge in [-0.15, -0.1) is 0 Å². The van der Waals surface area contributed by atoms with Crippen molar-refractivity contribution in [1.82, 2.24) is 10.6 Å². The number of amides is 1. The molecule has 1 amide bonds. The van der Waals surface area contributed by atoms with Gasteiger partial charge in [0.1, 0.15) is 0 Å². The molecule has 0 unspecified atom stereocenters. The minimum atomic E-state index is 0.0295. The van der Waals surface area contributed by atoms with Crippen LogP contribution in [0.2, 0.25) is 0 Å². The largest absolute Gasteiger partial charge is 0.350 e. The van der Waals surface area contributed by atoms with Gasteiger partial charge in [-0.25, -0.2) is 0 Å². The van der Waals surface area contributed by atoms with Gasteiger partial charge in [0.25, 0.3) is 0 Å². The molecule has 2 N–H and O–H groups in total. The average molecular weight is 219 g/mol. The number of carbonyl (C=O) groups is 1. The van der Waals surface area contributed by atoms with Crippen LogP contribution in [0, 0.1) is 0 Å². The minimum absolute atomic E-state index is 0.0295. The second-order valence-corrected chi connectivity index (χ2v) is 3.65. The van der Waals surface area contributed by atoms with Crippen LogP contribution in [0.25, 0.3) is 0 Å². The van der Waals surface area contributed by atoms with E-state index in [0.29, 0.717) is 6.54 Å². The third-order valence-corrected chi connectivity index (χ3v) is 1.88. The number of hydrogen-bond acceptors (Lipinski definition) is 2. The predicted octanol–water partition coefficient (Wildman–Crippen LogP) is 0.373. The molecule has 1 rings (SSSR count). The summed E-state index contributed by atoms with van der Waals surface area (Å²) in [5.74, 6) is 0.0665. The molecule has 11 heavy (non-hydrogen) atoms. The Morgan fingerprint density at radius 2 is 2.45 bits per heavy atom. The van der Waals surface area contributed by atoms with Gasteiger partial charge in [0.2, 0.25) is 5.91 Å². The maximum absolute atomic E-state index is 11.1. The molecule has 0 aliphatic carbocycles. The Kier molecular flexibility index (Phi) is 3.08. The van der Waals surface area contributed by atoms with Crippen molar-refractivity contribution < 1.29 is 4.79 Å². The van der Waals surface area contributed by atoms with E-state index in [-0.39, 0.29) is 11.9 Å². The predicted molar refractivity (Wildman–Crippen MR) is 47.5 cm³/mol. The van der Waals surface area contributed by atoms with Crippen molar-refractivity contribution in [3.8, 4) is 0 Å². The first-order chi connectivity index (χ1) is 5.20. The van der Waals surface area contributed by atoms with E-state index >= 15 is 0 Å². The lowest BCUT2D eigenvalue weighted by Gasteiger charge is -2.26. The van der Waals surface area contributed by atoms with Crippen molar-refractivity contribution in [2.24, 2.45) is 0 Å². The van der Waals surface area contributed by atoms with Gasteiger partial charge in [-0.05, 0) is 13.0 Å². The van der Waals surface area contributed by atoms with E-state index in [1.165, 1.54) is 0 Å². The molecule has 1 atom stereocenters. The quantitative estimate of drug-likeness (QED) is 0.720. The SMILES string of the molecule is C=C(Br)CNC(=O)[C@H]1CCN1. The molecule has 1 heterocycles. The summed E-state index contributed by atoms with van der Waals surface area (Å²) >= 11 is 3.16. The summed E-state index contributed by atoms with van der Waals surface area (Å²) in [7, 11) is 0. The van der Waals surface area contributed by atoms with Crippen LogP contribution in [0.5, 0.6) is 0 Å². The molecule has 0 spiro atoms. The molecule has 0 radical (unpaired) electrons. The van der Waals surface area contributed by atoms with Gasteiger partial charge in [0.15, 0.2) is 0 Å². The smallest absolute Gasteiger partial charge is 0.237 e. The number of carbonyl (C=O) groups excluding carboxylic acids is 1. The summed E-state index contributed by atoms with van der Waals surface area (Å²) in [5, 5.41) is 5.75. The highest BCUT2D eigenvalue weighted by Crippen LogP contribution is 2.02. The van der Waals surface area contributed by atoms with E-state index < -0.39 is 0 Å². The topological polar surface area (TPSA) is 41.1 Å². The zero-order valence-corrected chi connectivity index (χ0v) is 7.78. The monoisotopic (exact) mass is 218 g/mol. The molecule has 0 aromatic carbocycles. The highest BCUT2D eigenvalue weighted by molar-refractivity contribution is 9.11. The molecule has 0 aromatic rings. The third-order valence-electron chi connectivity index (χ3n) is 1.59. The molecule has 0 aromatic heterocycles. The van der Waals surface area contributed by atoms with E-state index in [9.17, 15) is 4.79 Å². The highest BCUT2D eigenvalue weighted by atomic mass is 79.9. The van der Waals surface area contributed by atoms with E-state index in [4.69, 9.17) is 0 Å². The summed E-state index contributed by atoms with van der Waals surface area (Å²) in [6, 6.07) is 0.0295. The zero-order chi connectivity index (χ0) is 8.27. The highest BCUT2D eigenvalue weighted by Gasteiger charge is 2.23. The second-order valence-electron chi connectivity index (χ2n) is 2.53. The molecule has 0 bridgehead atoms. The molecule has 1 aliphatic rings. The molecule has 1 fully saturated rings. The number of hydrogen-bond donors (Lipinski definition) is 2. The van der Waals surface area contributed by atoms with Gasteiger partial charge in [0, 0.05) is 11.0 Å². The molecule has 1 saturated heterocycles. The number of halogens is 1. The molecule has 0 saturated carbocycles. The number of rotatable bonds is 3. The van der Waals surface area contributed by atoms with Crippen LogP contribution in [0.4, 0.5) is 0 Å². The van der Waals surface area contributed by atoms with Crippen molar-refractivity contribution in [1.29, 1.82) is 0 Å². The van der Waals surface area contributed by atoms with Crippen molar-refractivity contribution in [2.75, 3.05) is 13.1 Å². The zero-order valence-electron chi connectivity index (χ0n) is 6.19. The van der Waals surface area contributed by atoms with Crippen molar-refractivity contribution >= 4 is 21.8 Å². The maximum atomic E-state index is 11.1. The van der Waals surface area contributed by atoms with Crippen LogP contribution in [-0.2, 0) is 4.79 Å². The lowest BCUT2D eigenvalue weighted by molar-refractivity contribution is -0.124. The van der Waals surface area contributed by atoms with Crippen LogP contribution in [0.15, 0.2) is 11.1 Å². The normalized spacial score (nSPS) is 22.1. The van der Waals surface area contributed by atoms with Gasteiger partial charge in [-0.2, -0.15) is 0 Å². The van der Waals surface area contributed by atoms with Gasteiger partial charge in [-0.1, -0.05) is 22.5 Å². The summed E-state index contributed by atoms with van der Waals surface area (Å²) in [6.07, 6.45) is 0.945. The fraction of sp³-hybridized carbons (Fsp3) is 0.571. The van der Waals surface area contributed by atoms with E-state index in [1.807, 2.05) is 0 Å². The first-order valence-corrected chi connectivity index (χ1v) is 4.34. The van der Waals surface area contributed by atoms with E-state index in [0.717, 1.165) is 17.4 Å². The molecule has 3 nitrogen and oxygen atoms in total. The lowest BCUT2D eigenvalue weighted by Crippen LogP contribution is -2.53. The van der Waals surface area contributed by atoms with Gasteiger partial charge < -0.3 is 10.6 Å². The molecule has 62 valence electrons. The molecule has 4 heteroatoms. The van der Waals surface area contributed by atoms with Gasteiger partial charge in [-0.3, -0.25) is 4.79 Å². The van der Waals surface area contributed by atoms with Crippen LogP contribution in [0.3, 0.4) is 0 Å². The van der Waals surface area contributed by atoms with E-state index in [1.54, 1.807) is 0 Å². The first-order valence-electron chi connectivity index (χ1n) is 3.54. The van der Waals surface area contributed by atoms with Crippen LogP contribution in [0.1, 0.15) is 6.42 Å². The molecular formula is C7H11BrN2O. The van der Waals surface area contributed by atoms with Crippen molar-refractivity contribution in [3.05, 3.63) is 11.1 Å². The Labute approximate surface area is 74.4 Å². The fourth-order valence-electron chi connectivity index (χ4n) is 0.819. The molecular weight excluding hydrogens is 208 g/mol. The average Bonchev–Trinajstić information content (AvgIpc) is 1.79. The van der Waals surface area contributed by atoms with Crippen LogP contribution >= 0.6 is 15.9 Å². The van der Waals surface area contributed by atoms with Gasteiger partial charge in [0.05, 0.1) is 6.04 Å². The first kappa shape index (κ1) is 8.74. The second kappa shape index (κ2) is 3.88. The van der Waals surface area contributed by atoms with Crippen LogP contribution < -0.4 is 10.6 Å². The summed E-state index contributed by atoms with van der Waals surface area (Å²) < 4.78 is 0.796. The third kappa shape index (κ3) is 2.63. The lowest BCUT2D eigenvalue weighted by atomic mass is 10.1. The van der Waals surface area contributed by atoms with Gasteiger partial charge >= 0.3 is 0 Å². The van der Waals surface area contributed by atoms with E-state index in [2.05, 4.69) is 33.1 Å². The Morgan fingerprint density at radius 1 is 1.82 bits per heavy atom. The number of nitrogens with one attached hydrogen (secondary N) is 2. The summed E-state index contributed by atoms with van der Waals surface area (Å²) in [4.78, 5) is 11.1. The molecule has 1 aliphatic heterocycles. The fourth-order valence-corrected chi connectivity index (χ4v) is 0.959. The van der Waals surface area contributed by atoms with Crippen molar-refractivity contribution in [2.45, 2.75) is 12.5 Å². The maximum Gasteiger partial charge on any atom is 0.237 e. The Morgan fingerprint density at radius 3 is 2.82 bits per heavy atom. The summed E-state index contributed by atoms with van der Waals surface area (Å²) in [6.45, 7) is 5.07. The Balaban J connectivity index is 2.15. The standard InChI is InChI=1S/C7H11BrN2O/c1-5(8)4-10-7(11)6-2-3-9-6/h6,9H,1-4H2,(H,10,11)/t6-/m1/s1. The summed E-state index contributed by atoms with van der Waals surface area (Å²) in [5.41, 5.74) is 0. The van der Waals surface area contributed by atoms with Crippen molar-refractivity contribution in [3.63, 3.8) is 0 Å². The Bertz CT molecular complexity index is 177.